The molecule has 0 saturated carbocycles. The zero-order chi connectivity index (χ0) is 27.2. The number of terminal acetylenes is 1. The number of benzene rings is 2. The van der Waals surface area contributed by atoms with E-state index in [9.17, 15) is 13.2 Å². The number of hydrogen-bond acceptors (Lipinski definition) is 8. The number of nitrogens with one attached hydrogen (secondary N) is 2. The Bertz CT molecular complexity index is 1680. The molecule has 0 aliphatic carbocycles. The molecule has 2 aromatic heterocycles. The van der Waals surface area contributed by atoms with Crippen LogP contribution in [0.3, 0.4) is 0 Å². The topological polar surface area (TPSA) is 124 Å². The molecular formula is C28H25N5O5S. The van der Waals surface area contributed by atoms with Crippen LogP contribution in [0.2, 0.25) is 0 Å². The zero-order valence-electron chi connectivity index (χ0n) is 20.8. The molecule has 198 valence electrons. The molecule has 2 aromatic carbocycles. The maximum Gasteiger partial charge on any atom is 0.267 e. The van der Waals surface area contributed by atoms with Gasteiger partial charge in [-0.3, -0.25) is 4.79 Å². The van der Waals surface area contributed by atoms with Gasteiger partial charge in [-0.15, -0.1) is 6.42 Å². The second-order valence-corrected chi connectivity index (χ2v) is 10.6. The minimum Gasteiger partial charge on any atom is -0.350 e. The van der Waals surface area contributed by atoms with Crippen LogP contribution < -0.4 is 10.8 Å². The highest BCUT2D eigenvalue weighted by Crippen LogP contribution is 2.27. The third-order valence-electron chi connectivity index (χ3n) is 6.02. The fourth-order valence-corrected chi connectivity index (χ4v) is 5.25. The van der Waals surface area contributed by atoms with Crippen molar-refractivity contribution in [1.29, 1.82) is 0 Å². The number of amides is 1. The quantitative estimate of drug-likeness (QED) is 0.194. The lowest BCUT2D eigenvalue weighted by Gasteiger charge is -2.21. The van der Waals surface area contributed by atoms with E-state index in [1.165, 1.54) is 43.0 Å². The molecule has 0 spiro atoms. The van der Waals surface area contributed by atoms with Crippen LogP contribution in [-0.2, 0) is 24.4 Å². The Morgan fingerprint density at radius 1 is 1.18 bits per heavy atom. The number of fused-ring (bicyclic) bond motifs is 1. The summed E-state index contributed by atoms with van der Waals surface area (Å²) >= 11 is 0. The third kappa shape index (κ3) is 6.15. The summed E-state index contributed by atoms with van der Waals surface area (Å²) < 4.78 is 33.3. The van der Waals surface area contributed by atoms with Crippen molar-refractivity contribution >= 4 is 44.4 Å². The summed E-state index contributed by atoms with van der Waals surface area (Å²) in [6, 6.07) is 13.5. The Labute approximate surface area is 225 Å². The number of hydroxylamine groups is 1. The summed E-state index contributed by atoms with van der Waals surface area (Å²) in [5.74, 6) is 2.54. The zero-order valence-corrected chi connectivity index (χ0v) is 21.6. The minimum absolute atomic E-state index is 0.0509. The highest BCUT2D eigenvalue weighted by Gasteiger charge is 2.19. The monoisotopic (exact) mass is 543 g/mol. The summed E-state index contributed by atoms with van der Waals surface area (Å²) in [6.45, 7) is 0.598. The van der Waals surface area contributed by atoms with Gasteiger partial charge >= 0.3 is 0 Å². The lowest BCUT2D eigenvalue weighted by molar-refractivity contribution is -0.198. The van der Waals surface area contributed by atoms with E-state index in [1.807, 2.05) is 12.1 Å². The Balaban J connectivity index is 1.33. The van der Waals surface area contributed by atoms with Crippen LogP contribution in [0.5, 0.6) is 0 Å². The van der Waals surface area contributed by atoms with Crippen LogP contribution in [0.25, 0.3) is 17.0 Å². The van der Waals surface area contributed by atoms with Crippen LogP contribution in [0.1, 0.15) is 30.4 Å². The van der Waals surface area contributed by atoms with Gasteiger partial charge in [0.1, 0.15) is 12.1 Å². The van der Waals surface area contributed by atoms with E-state index < -0.39 is 22.2 Å². The van der Waals surface area contributed by atoms with Crippen molar-refractivity contribution < 1.29 is 22.8 Å². The molecule has 3 heterocycles. The van der Waals surface area contributed by atoms with Crippen molar-refractivity contribution in [2.75, 3.05) is 11.9 Å². The predicted molar refractivity (Wildman–Crippen MR) is 146 cm³/mol. The number of hydrogen-bond donors (Lipinski definition) is 2. The van der Waals surface area contributed by atoms with Crippen molar-refractivity contribution in [3.8, 4) is 12.3 Å². The van der Waals surface area contributed by atoms with Gasteiger partial charge in [-0.05, 0) is 66.9 Å². The van der Waals surface area contributed by atoms with Gasteiger partial charge in [-0.1, -0.05) is 12.0 Å². The summed E-state index contributed by atoms with van der Waals surface area (Å²) in [5.41, 5.74) is 4.82. The molecule has 0 radical (unpaired) electrons. The van der Waals surface area contributed by atoms with Gasteiger partial charge in [-0.2, -0.15) is 0 Å². The second-order valence-electron chi connectivity index (χ2n) is 8.74. The van der Waals surface area contributed by atoms with Gasteiger partial charge < -0.3 is 10.1 Å². The summed E-state index contributed by atoms with van der Waals surface area (Å²) in [7, 11) is -3.94. The van der Waals surface area contributed by atoms with E-state index in [-0.39, 0.29) is 4.90 Å². The van der Waals surface area contributed by atoms with Gasteiger partial charge in [0.25, 0.3) is 15.9 Å². The average molecular weight is 544 g/mol. The molecule has 4 aromatic rings. The molecule has 1 unspecified atom stereocenters. The van der Waals surface area contributed by atoms with Gasteiger partial charge in [0, 0.05) is 48.1 Å². The van der Waals surface area contributed by atoms with E-state index in [0.717, 1.165) is 16.8 Å². The van der Waals surface area contributed by atoms with Crippen molar-refractivity contribution in [1.82, 2.24) is 19.4 Å². The Morgan fingerprint density at radius 3 is 2.90 bits per heavy atom. The van der Waals surface area contributed by atoms with E-state index >= 15 is 0 Å². The van der Waals surface area contributed by atoms with E-state index in [2.05, 4.69) is 26.7 Å². The molecule has 2 N–H and O–H groups in total. The first-order chi connectivity index (χ1) is 18.9. The first kappa shape index (κ1) is 26.1. The molecule has 10 nitrogen and oxygen atoms in total. The number of ether oxygens (including phenoxy) is 1. The average Bonchev–Trinajstić information content (AvgIpc) is 3.46. The maximum atomic E-state index is 13.4. The standard InChI is InChI=1S/C28H25N5O5S/c1-2-20-6-5-7-22(16-20)31-28-24-17-23(10-11-25(24)29-19-30-28)39(35,36)33-14-13-21(18-33)9-12-26(34)32-38-27-8-3-4-15-37-27/h1,5-7,9-14,16-19,27H,3-4,8,15H2,(H,32,34)(H,29,30,31)/b12-9+. The third-order valence-corrected chi connectivity index (χ3v) is 7.65. The summed E-state index contributed by atoms with van der Waals surface area (Å²) in [4.78, 5) is 25.9. The number of aromatic nitrogens is 3. The number of rotatable bonds is 8. The normalized spacial score (nSPS) is 15.7. The van der Waals surface area contributed by atoms with E-state index in [4.69, 9.17) is 16.0 Å². The summed E-state index contributed by atoms with van der Waals surface area (Å²) in [6.07, 6.45) is 14.7. The van der Waals surface area contributed by atoms with Crippen LogP contribution in [0, 0.1) is 12.3 Å². The molecule has 1 saturated heterocycles. The van der Waals surface area contributed by atoms with Gasteiger partial charge in [0.15, 0.2) is 6.29 Å². The number of anilines is 2. The fraction of sp³-hybridized carbons (Fsp3) is 0.179. The summed E-state index contributed by atoms with van der Waals surface area (Å²) in [5, 5.41) is 3.71. The van der Waals surface area contributed by atoms with Crippen molar-refractivity contribution in [3.63, 3.8) is 0 Å². The first-order valence-corrected chi connectivity index (χ1v) is 13.6. The van der Waals surface area contributed by atoms with Gasteiger partial charge in [0.2, 0.25) is 0 Å². The molecule has 1 aliphatic rings. The van der Waals surface area contributed by atoms with Crippen LogP contribution in [-0.4, -0.2) is 41.2 Å². The smallest absolute Gasteiger partial charge is 0.267 e. The van der Waals surface area contributed by atoms with Crippen molar-refractivity contribution in [2.24, 2.45) is 0 Å². The Hall–Kier alpha value is -4.50. The van der Waals surface area contributed by atoms with Gasteiger partial charge in [0.05, 0.1) is 10.4 Å². The molecule has 1 aliphatic heterocycles. The molecular weight excluding hydrogens is 518 g/mol. The van der Waals surface area contributed by atoms with Crippen LogP contribution >= 0.6 is 0 Å². The van der Waals surface area contributed by atoms with Gasteiger partial charge in [-0.25, -0.2) is 32.7 Å². The molecule has 1 fully saturated rings. The fourth-order valence-electron chi connectivity index (χ4n) is 4.02. The minimum atomic E-state index is -3.94. The largest absolute Gasteiger partial charge is 0.350 e. The maximum absolute atomic E-state index is 13.4. The number of carbonyl (C=O) groups is 1. The van der Waals surface area contributed by atoms with Crippen molar-refractivity contribution in [3.05, 3.63) is 84.5 Å². The highest BCUT2D eigenvalue weighted by atomic mass is 32.2. The SMILES string of the molecule is C#Cc1cccc(Nc2ncnc3ccc(S(=O)(=O)n4ccc(/C=C/C(=O)NOC5CCCCO5)c4)cc23)c1. The molecule has 5 rings (SSSR count). The van der Waals surface area contributed by atoms with Crippen LogP contribution in [0.15, 0.2) is 78.2 Å². The lowest BCUT2D eigenvalue weighted by atomic mass is 10.2. The second kappa shape index (κ2) is 11.5. The molecule has 0 bridgehead atoms. The number of carbonyl (C=O) groups excluding carboxylic acids is 1. The molecule has 11 heteroatoms. The lowest BCUT2D eigenvalue weighted by Crippen LogP contribution is -2.32. The first-order valence-electron chi connectivity index (χ1n) is 12.2. The van der Waals surface area contributed by atoms with Crippen molar-refractivity contribution in [2.45, 2.75) is 30.4 Å². The number of nitrogens with zero attached hydrogens (tertiary/aromatic N) is 3. The van der Waals surface area contributed by atoms with E-state index in [1.54, 1.807) is 24.3 Å². The Kier molecular flexibility index (Phi) is 7.69. The highest BCUT2D eigenvalue weighted by molar-refractivity contribution is 7.90. The van der Waals surface area contributed by atoms with E-state index in [0.29, 0.717) is 46.6 Å². The van der Waals surface area contributed by atoms with Crippen LogP contribution in [0.4, 0.5) is 11.5 Å². The molecule has 1 atom stereocenters. The molecule has 1 amide bonds. The predicted octanol–water partition coefficient (Wildman–Crippen LogP) is 3.98. The Morgan fingerprint density at radius 2 is 2.08 bits per heavy atom. The molecule has 39 heavy (non-hydrogen) atoms.